The Balaban J connectivity index is 2.65. The molecule has 1 aromatic rings. The summed E-state index contributed by atoms with van der Waals surface area (Å²) in [4.78, 5) is 35.6. The molecule has 130 valence electrons. The summed E-state index contributed by atoms with van der Waals surface area (Å²) >= 11 is 1.13. The second-order valence-electron chi connectivity index (χ2n) is 5.11. The van der Waals surface area contributed by atoms with Crippen molar-refractivity contribution < 1.29 is 19.5 Å². The zero-order valence-corrected chi connectivity index (χ0v) is 14.6. The minimum Gasteiger partial charge on any atom is -0.480 e. The Morgan fingerprint density at radius 2 is 1.96 bits per heavy atom. The van der Waals surface area contributed by atoms with Gasteiger partial charge in [-0.05, 0) is 12.5 Å². The van der Waals surface area contributed by atoms with Crippen molar-refractivity contribution in [1.29, 1.82) is 0 Å². The highest BCUT2D eigenvalue weighted by Gasteiger charge is 2.18. The van der Waals surface area contributed by atoms with E-state index < -0.39 is 18.0 Å². The summed E-state index contributed by atoms with van der Waals surface area (Å²) < 4.78 is 0. The van der Waals surface area contributed by atoms with E-state index in [0.29, 0.717) is 18.8 Å². The number of carboxylic acid groups (broad SMARTS) is 1. The molecule has 6 nitrogen and oxygen atoms in total. The quantitative estimate of drug-likeness (QED) is 0.752. The number of nitrogens with one attached hydrogen (secondary N) is 1. The molecule has 2 amide bonds. The lowest BCUT2D eigenvalue weighted by Gasteiger charge is -2.22. The van der Waals surface area contributed by atoms with Crippen molar-refractivity contribution >= 4 is 35.0 Å². The molecule has 0 fully saturated rings. The van der Waals surface area contributed by atoms with Crippen molar-refractivity contribution in [3.05, 3.63) is 42.0 Å². The molecule has 0 unspecified atom stereocenters. The van der Waals surface area contributed by atoms with Gasteiger partial charge in [-0.1, -0.05) is 54.2 Å². The van der Waals surface area contributed by atoms with Crippen LogP contribution < -0.4 is 5.32 Å². The molecule has 0 saturated heterocycles. The first kappa shape index (κ1) is 19.8. The molecular formula is C17H22N2O4S. The normalized spacial score (nSPS) is 11.9. The Morgan fingerprint density at radius 1 is 1.29 bits per heavy atom. The summed E-state index contributed by atoms with van der Waals surface area (Å²) in [5.74, 6) is -0.634. The van der Waals surface area contributed by atoms with Crippen LogP contribution in [0.3, 0.4) is 0 Å². The molecule has 1 aromatic carbocycles. The molecule has 0 aliphatic heterocycles. The third kappa shape index (κ3) is 7.82. The van der Waals surface area contributed by atoms with Crippen LogP contribution in [0.4, 0.5) is 4.79 Å². The minimum absolute atomic E-state index is 0.0194. The zero-order valence-electron chi connectivity index (χ0n) is 13.8. The van der Waals surface area contributed by atoms with Gasteiger partial charge in [0.15, 0.2) is 5.12 Å². The van der Waals surface area contributed by atoms with E-state index in [-0.39, 0.29) is 5.12 Å². The van der Waals surface area contributed by atoms with Crippen LogP contribution in [0.25, 0.3) is 6.08 Å². The predicted octanol–water partition coefficient (Wildman–Crippen LogP) is 2.46. The summed E-state index contributed by atoms with van der Waals surface area (Å²) in [6, 6.07) is 8.21. The third-order valence-electron chi connectivity index (χ3n) is 3.10. The summed E-state index contributed by atoms with van der Waals surface area (Å²) in [6.45, 7) is 3.55. The number of hydrogen-bond donors (Lipinski definition) is 2. The first-order valence-corrected chi connectivity index (χ1v) is 8.52. The maximum Gasteiger partial charge on any atom is 0.325 e. The van der Waals surface area contributed by atoms with Crippen molar-refractivity contribution in [3.63, 3.8) is 0 Å². The number of aliphatic carboxylic acids is 1. The van der Waals surface area contributed by atoms with Crippen LogP contribution in [0.5, 0.6) is 0 Å². The first-order chi connectivity index (χ1) is 11.4. The van der Waals surface area contributed by atoms with E-state index in [1.54, 1.807) is 0 Å². The number of carbonyl (C=O) groups excluding carboxylic acids is 2. The highest BCUT2D eigenvalue weighted by Crippen LogP contribution is 2.05. The molecule has 0 heterocycles. The van der Waals surface area contributed by atoms with E-state index in [9.17, 15) is 14.4 Å². The van der Waals surface area contributed by atoms with Gasteiger partial charge in [0, 0.05) is 25.8 Å². The van der Waals surface area contributed by atoms with Gasteiger partial charge in [0.1, 0.15) is 6.04 Å². The van der Waals surface area contributed by atoms with Gasteiger partial charge < -0.3 is 15.3 Å². The topological polar surface area (TPSA) is 86.7 Å². The largest absolute Gasteiger partial charge is 0.480 e. The highest BCUT2D eigenvalue weighted by atomic mass is 32.2. The van der Waals surface area contributed by atoms with Gasteiger partial charge in [0.2, 0.25) is 0 Å². The molecule has 24 heavy (non-hydrogen) atoms. The molecule has 0 spiro atoms. The molecule has 0 aliphatic carbocycles. The molecule has 0 saturated carbocycles. The number of urea groups is 1. The molecule has 2 N–H and O–H groups in total. The number of carboxylic acids is 1. The predicted molar refractivity (Wildman–Crippen MR) is 95.8 cm³/mol. The van der Waals surface area contributed by atoms with Crippen LogP contribution in [-0.2, 0) is 9.59 Å². The average Bonchev–Trinajstić information content (AvgIpc) is 2.53. The molecular weight excluding hydrogens is 328 g/mol. The Hall–Kier alpha value is -2.28. The molecule has 7 heteroatoms. The third-order valence-corrected chi connectivity index (χ3v) is 3.89. The van der Waals surface area contributed by atoms with Gasteiger partial charge in [-0.25, -0.2) is 4.79 Å². The zero-order chi connectivity index (χ0) is 17.9. The SMILES string of the molecule is CC(=O)SCCN(CC=Cc1ccccc1)C(=O)N[C@@H](C)C(=O)O. The smallest absolute Gasteiger partial charge is 0.325 e. The lowest BCUT2D eigenvalue weighted by molar-refractivity contribution is -0.138. The molecule has 0 bridgehead atoms. The number of amides is 2. The number of hydrogen-bond acceptors (Lipinski definition) is 4. The van der Waals surface area contributed by atoms with E-state index in [4.69, 9.17) is 5.11 Å². The highest BCUT2D eigenvalue weighted by molar-refractivity contribution is 8.13. The minimum atomic E-state index is -1.10. The van der Waals surface area contributed by atoms with Crippen molar-refractivity contribution in [3.8, 4) is 0 Å². The first-order valence-electron chi connectivity index (χ1n) is 7.53. The maximum atomic E-state index is 12.2. The van der Waals surface area contributed by atoms with Crippen LogP contribution in [0, 0.1) is 0 Å². The van der Waals surface area contributed by atoms with E-state index in [1.165, 1.54) is 18.7 Å². The van der Waals surface area contributed by atoms with E-state index in [2.05, 4.69) is 5.32 Å². The summed E-state index contributed by atoms with van der Waals surface area (Å²) in [6.07, 6.45) is 3.72. The Labute approximate surface area is 145 Å². The van der Waals surface area contributed by atoms with Crippen LogP contribution >= 0.6 is 11.8 Å². The number of nitrogens with zero attached hydrogens (tertiary/aromatic N) is 1. The van der Waals surface area contributed by atoms with Crippen molar-refractivity contribution in [2.75, 3.05) is 18.8 Å². The number of carbonyl (C=O) groups is 3. The van der Waals surface area contributed by atoms with Gasteiger partial charge in [-0.2, -0.15) is 0 Å². The van der Waals surface area contributed by atoms with E-state index in [1.807, 2.05) is 42.5 Å². The monoisotopic (exact) mass is 350 g/mol. The lowest BCUT2D eigenvalue weighted by atomic mass is 10.2. The Morgan fingerprint density at radius 3 is 2.54 bits per heavy atom. The molecule has 0 radical (unpaired) electrons. The lowest BCUT2D eigenvalue weighted by Crippen LogP contribution is -2.47. The maximum absolute atomic E-state index is 12.2. The van der Waals surface area contributed by atoms with Gasteiger partial charge in [-0.15, -0.1) is 0 Å². The second-order valence-corrected chi connectivity index (χ2v) is 6.38. The van der Waals surface area contributed by atoms with Crippen molar-refractivity contribution in [2.45, 2.75) is 19.9 Å². The number of thioether (sulfide) groups is 1. The fraction of sp³-hybridized carbons (Fsp3) is 0.353. The van der Waals surface area contributed by atoms with Crippen molar-refractivity contribution in [1.82, 2.24) is 10.2 Å². The molecule has 0 aliphatic rings. The van der Waals surface area contributed by atoms with Crippen LogP contribution in [0.2, 0.25) is 0 Å². The summed E-state index contributed by atoms with van der Waals surface area (Å²) in [5.41, 5.74) is 1.01. The summed E-state index contributed by atoms with van der Waals surface area (Å²) in [7, 11) is 0. The van der Waals surface area contributed by atoms with Crippen LogP contribution in [-0.4, -0.2) is 52.0 Å². The summed E-state index contributed by atoms with van der Waals surface area (Å²) in [5, 5.41) is 11.3. The number of rotatable bonds is 8. The van der Waals surface area contributed by atoms with E-state index in [0.717, 1.165) is 17.3 Å². The standard InChI is InChI=1S/C17H22N2O4S/c1-13(16(21)22)18-17(23)19(11-12-24-14(2)20)10-6-9-15-7-4-3-5-8-15/h3-9,13H,10-12H2,1-2H3,(H,18,23)(H,21,22)/t13-/m0/s1. The van der Waals surface area contributed by atoms with Crippen LogP contribution in [0.1, 0.15) is 19.4 Å². The molecule has 0 aromatic heterocycles. The fourth-order valence-corrected chi connectivity index (χ4v) is 2.39. The molecule has 1 atom stereocenters. The van der Waals surface area contributed by atoms with Crippen molar-refractivity contribution in [2.24, 2.45) is 0 Å². The Kier molecular flexibility index (Phi) is 8.64. The van der Waals surface area contributed by atoms with Gasteiger partial charge in [-0.3, -0.25) is 9.59 Å². The van der Waals surface area contributed by atoms with Gasteiger partial charge in [0.05, 0.1) is 0 Å². The Bertz CT molecular complexity index is 590. The fourth-order valence-electron chi connectivity index (χ4n) is 1.79. The average molecular weight is 350 g/mol. The number of benzene rings is 1. The van der Waals surface area contributed by atoms with Crippen LogP contribution in [0.15, 0.2) is 36.4 Å². The molecule has 1 rings (SSSR count). The van der Waals surface area contributed by atoms with Gasteiger partial charge in [0.25, 0.3) is 0 Å². The second kappa shape index (κ2) is 10.5. The van der Waals surface area contributed by atoms with Gasteiger partial charge >= 0.3 is 12.0 Å². The van der Waals surface area contributed by atoms with E-state index >= 15 is 0 Å².